The summed E-state index contributed by atoms with van der Waals surface area (Å²) in [5, 5.41) is 13.3. The fourth-order valence-corrected chi connectivity index (χ4v) is 3.22. The van der Waals surface area contributed by atoms with Crippen LogP contribution in [0.3, 0.4) is 0 Å². The number of thiazole rings is 1. The van der Waals surface area contributed by atoms with E-state index in [1.807, 2.05) is 38.1 Å². The SMILES string of the molecule is Cc1nc(C)c(C(C)NCc2ccc(CC(=O)O)cc2)s1. The Morgan fingerprint density at radius 1 is 1.29 bits per heavy atom. The molecule has 0 aliphatic rings. The summed E-state index contributed by atoms with van der Waals surface area (Å²) < 4.78 is 0. The van der Waals surface area contributed by atoms with Crippen molar-refractivity contribution in [2.24, 2.45) is 0 Å². The molecule has 0 bridgehead atoms. The van der Waals surface area contributed by atoms with Crippen molar-refractivity contribution < 1.29 is 9.90 Å². The lowest BCUT2D eigenvalue weighted by Gasteiger charge is -2.13. The Morgan fingerprint density at radius 3 is 2.43 bits per heavy atom. The zero-order valence-electron chi connectivity index (χ0n) is 12.5. The zero-order chi connectivity index (χ0) is 15.4. The first-order valence-corrected chi connectivity index (χ1v) is 7.74. The van der Waals surface area contributed by atoms with Gasteiger partial charge in [0.15, 0.2) is 0 Å². The number of benzene rings is 1. The van der Waals surface area contributed by atoms with E-state index in [0.29, 0.717) is 0 Å². The molecule has 1 atom stereocenters. The maximum atomic E-state index is 10.6. The van der Waals surface area contributed by atoms with Crippen LogP contribution in [-0.2, 0) is 17.8 Å². The van der Waals surface area contributed by atoms with Gasteiger partial charge in [0.05, 0.1) is 17.1 Å². The summed E-state index contributed by atoms with van der Waals surface area (Å²) in [6.45, 7) is 6.95. The van der Waals surface area contributed by atoms with Crippen LogP contribution in [0.25, 0.3) is 0 Å². The number of carboxylic acid groups (broad SMARTS) is 1. The zero-order valence-corrected chi connectivity index (χ0v) is 13.3. The summed E-state index contributed by atoms with van der Waals surface area (Å²) in [6, 6.07) is 7.95. The molecule has 2 N–H and O–H groups in total. The quantitative estimate of drug-likeness (QED) is 0.860. The van der Waals surface area contributed by atoms with Crippen molar-refractivity contribution in [3.63, 3.8) is 0 Å². The minimum absolute atomic E-state index is 0.0729. The molecular weight excluding hydrogens is 284 g/mol. The number of nitrogens with one attached hydrogen (secondary N) is 1. The molecule has 0 amide bonds. The molecule has 0 fully saturated rings. The van der Waals surface area contributed by atoms with Crippen molar-refractivity contribution in [3.8, 4) is 0 Å². The van der Waals surface area contributed by atoms with Crippen molar-refractivity contribution in [2.75, 3.05) is 0 Å². The highest BCUT2D eigenvalue weighted by molar-refractivity contribution is 7.11. The first-order valence-electron chi connectivity index (χ1n) is 6.92. The van der Waals surface area contributed by atoms with Gasteiger partial charge in [0.2, 0.25) is 0 Å². The molecule has 5 heteroatoms. The largest absolute Gasteiger partial charge is 0.481 e. The van der Waals surface area contributed by atoms with Crippen LogP contribution in [0.2, 0.25) is 0 Å². The van der Waals surface area contributed by atoms with Gasteiger partial charge >= 0.3 is 5.97 Å². The molecule has 1 aromatic carbocycles. The summed E-state index contributed by atoms with van der Waals surface area (Å²) in [5.74, 6) is -0.800. The minimum atomic E-state index is -0.800. The van der Waals surface area contributed by atoms with E-state index in [2.05, 4.69) is 17.2 Å². The summed E-state index contributed by atoms with van der Waals surface area (Å²) in [7, 11) is 0. The van der Waals surface area contributed by atoms with E-state index in [1.54, 1.807) is 11.3 Å². The van der Waals surface area contributed by atoms with E-state index in [-0.39, 0.29) is 12.5 Å². The van der Waals surface area contributed by atoms with Crippen molar-refractivity contribution in [3.05, 3.63) is 51.0 Å². The van der Waals surface area contributed by atoms with Crippen LogP contribution in [0.1, 0.15) is 39.7 Å². The Hall–Kier alpha value is -1.72. The summed E-state index contributed by atoms with van der Waals surface area (Å²) in [4.78, 5) is 16.4. The number of nitrogens with zero attached hydrogens (tertiary/aromatic N) is 1. The van der Waals surface area contributed by atoms with E-state index in [1.165, 1.54) is 4.88 Å². The van der Waals surface area contributed by atoms with Gasteiger partial charge in [-0.25, -0.2) is 4.98 Å². The number of aryl methyl sites for hydroxylation is 2. The van der Waals surface area contributed by atoms with Crippen molar-refractivity contribution in [2.45, 2.75) is 39.8 Å². The van der Waals surface area contributed by atoms with Gasteiger partial charge in [0.1, 0.15) is 0 Å². The van der Waals surface area contributed by atoms with Crippen LogP contribution in [0.5, 0.6) is 0 Å². The fraction of sp³-hybridized carbons (Fsp3) is 0.375. The fourth-order valence-electron chi connectivity index (χ4n) is 2.26. The number of carbonyl (C=O) groups is 1. The standard InChI is InChI=1S/C16H20N2O2S/c1-10(16-11(2)18-12(3)21-16)17-9-14-6-4-13(5-7-14)8-15(19)20/h4-7,10,17H,8-9H2,1-3H3,(H,19,20). The molecule has 1 heterocycles. The predicted octanol–water partition coefficient (Wildman–Crippen LogP) is 3.24. The molecule has 0 saturated heterocycles. The van der Waals surface area contributed by atoms with Crippen LogP contribution < -0.4 is 5.32 Å². The average Bonchev–Trinajstić information content (AvgIpc) is 2.76. The summed E-state index contributed by atoms with van der Waals surface area (Å²) in [5.41, 5.74) is 3.07. The Balaban J connectivity index is 1.93. The molecule has 1 aromatic heterocycles. The number of aromatic nitrogens is 1. The van der Waals surface area contributed by atoms with E-state index in [4.69, 9.17) is 5.11 Å². The molecule has 21 heavy (non-hydrogen) atoms. The number of rotatable bonds is 6. The van der Waals surface area contributed by atoms with Crippen LogP contribution in [0.4, 0.5) is 0 Å². The van der Waals surface area contributed by atoms with Crippen molar-refractivity contribution >= 4 is 17.3 Å². The molecule has 2 aromatic rings. The molecule has 4 nitrogen and oxygen atoms in total. The van der Waals surface area contributed by atoms with Gasteiger partial charge in [-0.1, -0.05) is 24.3 Å². The Bertz CT molecular complexity index is 620. The monoisotopic (exact) mass is 304 g/mol. The minimum Gasteiger partial charge on any atom is -0.481 e. The van der Waals surface area contributed by atoms with Gasteiger partial charge < -0.3 is 10.4 Å². The number of hydrogen-bond acceptors (Lipinski definition) is 4. The lowest BCUT2D eigenvalue weighted by molar-refractivity contribution is -0.136. The first kappa shape index (κ1) is 15.7. The van der Waals surface area contributed by atoms with Gasteiger partial charge in [-0.15, -0.1) is 11.3 Å². The maximum Gasteiger partial charge on any atom is 0.307 e. The highest BCUT2D eigenvalue weighted by Gasteiger charge is 2.12. The molecule has 0 aliphatic carbocycles. The second kappa shape index (κ2) is 6.83. The van der Waals surface area contributed by atoms with Crippen LogP contribution in [-0.4, -0.2) is 16.1 Å². The smallest absolute Gasteiger partial charge is 0.307 e. The van der Waals surface area contributed by atoms with Gasteiger partial charge in [0.25, 0.3) is 0 Å². The van der Waals surface area contributed by atoms with Crippen molar-refractivity contribution in [1.82, 2.24) is 10.3 Å². The van der Waals surface area contributed by atoms with Gasteiger partial charge in [-0.3, -0.25) is 4.79 Å². The van der Waals surface area contributed by atoms with Gasteiger partial charge in [0, 0.05) is 17.5 Å². The Morgan fingerprint density at radius 2 is 1.90 bits per heavy atom. The number of carboxylic acids is 1. The van der Waals surface area contributed by atoms with Crippen LogP contribution in [0, 0.1) is 13.8 Å². The summed E-state index contributed by atoms with van der Waals surface area (Å²) in [6.07, 6.45) is 0.0729. The van der Waals surface area contributed by atoms with Gasteiger partial charge in [-0.05, 0) is 31.9 Å². The lowest BCUT2D eigenvalue weighted by Crippen LogP contribution is -2.17. The molecule has 0 saturated carbocycles. The summed E-state index contributed by atoms with van der Waals surface area (Å²) >= 11 is 1.73. The lowest BCUT2D eigenvalue weighted by atomic mass is 10.1. The molecule has 1 unspecified atom stereocenters. The van der Waals surface area contributed by atoms with E-state index in [9.17, 15) is 4.79 Å². The number of hydrogen-bond donors (Lipinski definition) is 2. The van der Waals surface area contributed by atoms with E-state index >= 15 is 0 Å². The third kappa shape index (κ3) is 4.37. The molecular formula is C16H20N2O2S. The third-order valence-corrected chi connectivity index (χ3v) is 4.58. The highest BCUT2D eigenvalue weighted by atomic mass is 32.1. The molecule has 0 spiro atoms. The average molecular weight is 304 g/mol. The maximum absolute atomic E-state index is 10.6. The molecule has 0 aliphatic heterocycles. The second-order valence-electron chi connectivity index (χ2n) is 5.17. The Labute approximate surface area is 128 Å². The molecule has 112 valence electrons. The molecule has 2 rings (SSSR count). The predicted molar refractivity (Wildman–Crippen MR) is 84.6 cm³/mol. The highest BCUT2D eigenvalue weighted by Crippen LogP contribution is 2.24. The Kier molecular flexibility index (Phi) is 5.09. The molecule has 0 radical (unpaired) electrons. The van der Waals surface area contributed by atoms with Crippen molar-refractivity contribution in [1.29, 1.82) is 0 Å². The van der Waals surface area contributed by atoms with Gasteiger partial charge in [-0.2, -0.15) is 0 Å². The van der Waals surface area contributed by atoms with Crippen LogP contribution in [0.15, 0.2) is 24.3 Å². The van der Waals surface area contributed by atoms with E-state index < -0.39 is 5.97 Å². The second-order valence-corrected chi connectivity index (χ2v) is 6.41. The van der Waals surface area contributed by atoms with Crippen LogP contribution >= 0.6 is 11.3 Å². The first-order chi connectivity index (χ1) is 9.95. The third-order valence-electron chi connectivity index (χ3n) is 3.32. The normalized spacial score (nSPS) is 12.3. The van der Waals surface area contributed by atoms with E-state index in [0.717, 1.165) is 28.4 Å². The topological polar surface area (TPSA) is 62.2 Å². The number of aliphatic carboxylic acids is 1.